The molecular weight excluding hydrogens is 153 g/mol. The van der Waals surface area contributed by atoms with Crippen LogP contribution in [0.5, 0.6) is 0 Å². The molecule has 0 saturated carbocycles. The van der Waals surface area contributed by atoms with E-state index in [0.29, 0.717) is 8.80 Å². The van der Waals surface area contributed by atoms with Gasteiger partial charge in [-0.3, -0.25) is 0 Å². The second-order valence-electron chi connectivity index (χ2n) is 0.917. The average Bonchev–Trinajstić information content (AvgIpc) is 1.87. The van der Waals surface area contributed by atoms with Crippen LogP contribution in [0.3, 0.4) is 0 Å². The fourth-order valence-corrected chi connectivity index (χ4v) is 1.29. The molecule has 4 heteroatoms. The predicted molar refractivity (Wildman–Crippen MR) is 32.1 cm³/mol. The summed E-state index contributed by atoms with van der Waals surface area (Å²) in [6, 6.07) is 0. The molecular formula is C3HCl2NS. The Kier molecular flexibility index (Phi) is 1.52. The van der Waals surface area contributed by atoms with Crippen molar-refractivity contribution in [3.05, 3.63) is 15.0 Å². The highest BCUT2D eigenvalue weighted by Gasteiger charge is 1.90. The molecule has 0 aliphatic rings. The molecule has 1 rings (SSSR count). The standard InChI is InChI=1S/C3HCl2NS/c4-2-1-6-3(5)7-2/h1H. The molecule has 1 aromatic rings. The molecule has 1 heterocycles. The summed E-state index contributed by atoms with van der Waals surface area (Å²) in [4.78, 5) is 3.67. The van der Waals surface area contributed by atoms with E-state index in [4.69, 9.17) is 23.2 Å². The van der Waals surface area contributed by atoms with Crippen LogP contribution in [0.2, 0.25) is 8.80 Å². The van der Waals surface area contributed by atoms with Gasteiger partial charge in [0.15, 0.2) is 4.47 Å². The molecule has 1 nitrogen and oxygen atoms in total. The van der Waals surface area contributed by atoms with E-state index >= 15 is 0 Å². The second kappa shape index (κ2) is 1.99. The van der Waals surface area contributed by atoms with Gasteiger partial charge in [-0.15, -0.1) is 0 Å². The minimum Gasteiger partial charge on any atom is -0.232 e. The van der Waals surface area contributed by atoms with Gasteiger partial charge in [0.2, 0.25) is 0 Å². The van der Waals surface area contributed by atoms with Crippen molar-refractivity contribution in [3.8, 4) is 0 Å². The van der Waals surface area contributed by atoms with Crippen LogP contribution in [-0.2, 0) is 0 Å². The first-order valence-corrected chi connectivity index (χ1v) is 3.13. The maximum atomic E-state index is 5.43. The van der Waals surface area contributed by atoms with Crippen LogP contribution in [0.15, 0.2) is 6.20 Å². The quantitative estimate of drug-likeness (QED) is 0.559. The van der Waals surface area contributed by atoms with Crippen LogP contribution >= 0.6 is 34.5 Å². The van der Waals surface area contributed by atoms with Crippen LogP contribution in [0.4, 0.5) is 0 Å². The highest BCUT2D eigenvalue weighted by atomic mass is 35.5. The highest BCUT2D eigenvalue weighted by molar-refractivity contribution is 7.19. The van der Waals surface area contributed by atoms with Gasteiger partial charge in [-0.1, -0.05) is 34.5 Å². The minimum atomic E-state index is 0.491. The van der Waals surface area contributed by atoms with Crippen LogP contribution in [-0.4, -0.2) is 4.98 Å². The SMILES string of the molecule is Clc1cnc(Cl)s1. The summed E-state index contributed by atoms with van der Waals surface area (Å²) >= 11 is 12.1. The Hall–Kier alpha value is 0.210. The van der Waals surface area contributed by atoms with E-state index in [1.165, 1.54) is 17.5 Å². The van der Waals surface area contributed by atoms with Crippen molar-refractivity contribution in [1.82, 2.24) is 4.98 Å². The van der Waals surface area contributed by atoms with Crippen molar-refractivity contribution < 1.29 is 0 Å². The summed E-state index contributed by atoms with van der Waals surface area (Å²) < 4.78 is 1.12. The first kappa shape index (κ1) is 5.35. The zero-order chi connectivity index (χ0) is 5.28. The van der Waals surface area contributed by atoms with Crippen LogP contribution < -0.4 is 0 Å². The normalized spacial score (nSPS) is 9.43. The highest BCUT2D eigenvalue weighted by Crippen LogP contribution is 2.21. The Balaban J connectivity index is 3.04. The summed E-state index contributed by atoms with van der Waals surface area (Å²) in [5, 5.41) is 0. The zero-order valence-corrected chi connectivity index (χ0v) is 5.52. The Bertz CT molecular complexity index is 145. The van der Waals surface area contributed by atoms with Gasteiger partial charge < -0.3 is 0 Å². The number of aromatic nitrogens is 1. The predicted octanol–water partition coefficient (Wildman–Crippen LogP) is 2.45. The Morgan fingerprint density at radius 3 is 2.43 bits per heavy atom. The lowest BCUT2D eigenvalue weighted by molar-refractivity contribution is 1.43. The molecule has 0 bridgehead atoms. The number of hydrogen-bond donors (Lipinski definition) is 0. The summed E-state index contributed by atoms with van der Waals surface area (Å²) in [5.74, 6) is 0. The van der Waals surface area contributed by atoms with Gasteiger partial charge in [0, 0.05) is 0 Å². The smallest absolute Gasteiger partial charge is 0.184 e. The van der Waals surface area contributed by atoms with Gasteiger partial charge in [-0.2, -0.15) is 0 Å². The van der Waals surface area contributed by atoms with Crippen molar-refractivity contribution in [2.24, 2.45) is 0 Å². The summed E-state index contributed by atoms with van der Waals surface area (Å²) in [5.41, 5.74) is 0. The molecule has 0 amide bonds. The molecule has 1 aromatic heterocycles. The Labute approximate surface area is 54.9 Å². The van der Waals surface area contributed by atoms with Crippen LogP contribution in [0.25, 0.3) is 0 Å². The molecule has 0 aromatic carbocycles. The van der Waals surface area contributed by atoms with Crippen molar-refractivity contribution in [1.29, 1.82) is 0 Å². The van der Waals surface area contributed by atoms with Gasteiger partial charge >= 0.3 is 0 Å². The van der Waals surface area contributed by atoms with E-state index in [0.717, 1.165) is 0 Å². The van der Waals surface area contributed by atoms with E-state index < -0.39 is 0 Å². The number of thiazole rings is 1. The molecule has 38 valence electrons. The monoisotopic (exact) mass is 153 g/mol. The topological polar surface area (TPSA) is 12.9 Å². The van der Waals surface area contributed by atoms with E-state index in [1.54, 1.807) is 0 Å². The van der Waals surface area contributed by atoms with Gasteiger partial charge in [-0.05, 0) is 0 Å². The molecule has 0 atom stereocenters. The molecule has 0 unspecified atom stereocenters. The lowest BCUT2D eigenvalue weighted by Crippen LogP contribution is -1.48. The van der Waals surface area contributed by atoms with Gasteiger partial charge in [0.25, 0.3) is 0 Å². The molecule has 0 spiro atoms. The number of halogens is 2. The molecule has 7 heavy (non-hydrogen) atoms. The summed E-state index contributed by atoms with van der Waals surface area (Å²) in [6.45, 7) is 0. The third-order valence-electron chi connectivity index (χ3n) is 0.449. The third kappa shape index (κ3) is 1.30. The largest absolute Gasteiger partial charge is 0.232 e. The summed E-state index contributed by atoms with van der Waals surface area (Å²) in [7, 11) is 0. The minimum absolute atomic E-state index is 0.491. The first-order chi connectivity index (χ1) is 3.29. The van der Waals surface area contributed by atoms with Gasteiger partial charge in [0.1, 0.15) is 4.34 Å². The number of hydrogen-bond acceptors (Lipinski definition) is 2. The maximum Gasteiger partial charge on any atom is 0.184 e. The number of nitrogens with zero attached hydrogens (tertiary/aromatic N) is 1. The lowest BCUT2D eigenvalue weighted by atomic mass is 11.0. The zero-order valence-electron chi connectivity index (χ0n) is 3.19. The summed E-state index contributed by atoms with van der Waals surface area (Å²) in [6.07, 6.45) is 1.52. The molecule has 0 N–H and O–H groups in total. The van der Waals surface area contributed by atoms with Gasteiger partial charge in [0.05, 0.1) is 6.20 Å². The number of rotatable bonds is 0. The van der Waals surface area contributed by atoms with Crippen molar-refractivity contribution >= 4 is 34.5 Å². The van der Waals surface area contributed by atoms with E-state index in [9.17, 15) is 0 Å². The van der Waals surface area contributed by atoms with Crippen molar-refractivity contribution in [3.63, 3.8) is 0 Å². The fourth-order valence-electron chi connectivity index (χ4n) is 0.235. The van der Waals surface area contributed by atoms with Crippen molar-refractivity contribution in [2.45, 2.75) is 0 Å². The lowest BCUT2D eigenvalue weighted by Gasteiger charge is -1.63. The average molecular weight is 154 g/mol. The van der Waals surface area contributed by atoms with Crippen molar-refractivity contribution in [2.75, 3.05) is 0 Å². The molecule has 0 saturated heterocycles. The molecule has 0 radical (unpaired) electrons. The first-order valence-electron chi connectivity index (χ1n) is 1.56. The fraction of sp³-hybridized carbons (Fsp3) is 0. The second-order valence-corrected chi connectivity index (χ2v) is 3.16. The Morgan fingerprint density at radius 1 is 1.57 bits per heavy atom. The Morgan fingerprint density at radius 2 is 2.29 bits per heavy atom. The van der Waals surface area contributed by atoms with E-state index in [2.05, 4.69) is 4.98 Å². The molecule has 0 aliphatic carbocycles. The maximum absolute atomic E-state index is 5.43. The van der Waals surface area contributed by atoms with E-state index in [-0.39, 0.29) is 0 Å². The van der Waals surface area contributed by atoms with E-state index in [1.807, 2.05) is 0 Å². The van der Waals surface area contributed by atoms with Crippen LogP contribution in [0.1, 0.15) is 0 Å². The van der Waals surface area contributed by atoms with Gasteiger partial charge in [-0.25, -0.2) is 4.98 Å². The third-order valence-corrected chi connectivity index (χ3v) is 1.68. The molecule has 0 aliphatic heterocycles. The molecule has 0 fully saturated rings. The van der Waals surface area contributed by atoms with Crippen LogP contribution in [0, 0.1) is 0 Å².